The van der Waals surface area contributed by atoms with Crippen molar-refractivity contribution >= 4 is 40.4 Å². The van der Waals surface area contributed by atoms with Crippen LogP contribution in [0.25, 0.3) is 27.8 Å². The summed E-state index contributed by atoms with van der Waals surface area (Å²) in [6, 6.07) is 5.85. The summed E-state index contributed by atoms with van der Waals surface area (Å²) in [4.78, 5) is 52.2. The summed E-state index contributed by atoms with van der Waals surface area (Å²) in [6.07, 6.45) is 2.76. The minimum Gasteiger partial charge on any atom is -0.364 e. The summed E-state index contributed by atoms with van der Waals surface area (Å²) in [6.45, 7) is 0.995. The molecule has 2 unspecified atom stereocenters. The highest BCUT2D eigenvalue weighted by Gasteiger charge is 2.40. The number of anilines is 1. The van der Waals surface area contributed by atoms with E-state index in [1.165, 1.54) is 21.7 Å². The molecule has 0 radical (unpaired) electrons. The Morgan fingerprint density at radius 3 is 2.77 bits per heavy atom. The number of primary amides is 1. The van der Waals surface area contributed by atoms with E-state index in [0.29, 0.717) is 16.7 Å². The normalized spacial score (nSPS) is 17.0. The lowest BCUT2D eigenvalue weighted by Crippen LogP contribution is -2.45. The lowest BCUT2D eigenvalue weighted by Gasteiger charge is -2.23. The van der Waals surface area contributed by atoms with Gasteiger partial charge >= 0.3 is 0 Å². The van der Waals surface area contributed by atoms with Gasteiger partial charge in [0.15, 0.2) is 5.69 Å². The Hall–Kier alpha value is -5.41. The largest absolute Gasteiger partial charge is 0.364 e. The molecule has 3 amide bonds. The van der Waals surface area contributed by atoms with Gasteiger partial charge in [0.1, 0.15) is 30.9 Å². The van der Waals surface area contributed by atoms with Crippen molar-refractivity contribution < 1.29 is 18.8 Å². The number of likely N-dealkylation sites (tertiary alicyclic amines) is 1. The van der Waals surface area contributed by atoms with Gasteiger partial charge < -0.3 is 10.6 Å². The molecule has 202 valence electrons. The van der Waals surface area contributed by atoms with Crippen molar-refractivity contribution in [3.05, 3.63) is 54.5 Å². The van der Waals surface area contributed by atoms with Crippen LogP contribution < -0.4 is 11.1 Å². The summed E-state index contributed by atoms with van der Waals surface area (Å²) >= 11 is 0. The van der Waals surface area contributed by atoms with Gasteiger partial charge in [-0.15, -0.1) is 0 Å². The number of nitrogens with two attached hydrogens (primary N) is 1. The van der Waals surface area contributed by atoms with E-state index in [4.69, 9.17) is 5.73 Å². The second kappa shape index (κ2) is 9.72. The van der Waals surface area contributed by atoms with Gasteiger partial charge in [0.2, 0.25) is 17.8 Å². The van der Waals surface area contributed by atoms with Crippen LogP contribution in [0.3, 0.4) is 0 Å². The van der Waals surface area contributed by atoms with E-state index in [0.717, 1.165) is 16.0 Å². The summed E-state index contributed by atoms with van der Waals surface area (Å²) in [5.41, 5.74) is 7.52. The van der Waals surface area contributed by atoms with Crippen molar-refractivity contribution in [2.45, 2.75) is 32.1 Å². The van der Waals surface area contributed by atoms with Gasteiger partial charge in [-0.25, -0.2) is 4.39 Å². The van der Waals surface area contributed by atoms with Gasteiger partial charge in [-0.05, 0) is 30.7 Å². The van der Waals surface area contributed by atoms with Gasteiger partial charge in [-0.2, -0.15) is 39.9 Å². The number of benzene rings is 1. The molecule has 0 spiro atoms. The smallest absolute Gasteiger partial charge is 0.269 e. The van der Waals surface area contributed by atoms with Crippen LogP contribution in [0.4, 0.5) is 10.3 Å². The molecule has 1 aliphatic rings. The summed E-state index contributed by atoms with van der Waals surface area (Å²) in [7, 11) is 0. The van der Waals surface area contributed by atoms with Gasteiger partial charge in [0, 0.05) is 17.4 Å². The number of halogens is 1. The van der Waals surface area contributed by atoms with Crippen LogP contribution in [-0.4, -0.2) is 85.9 Å². The average Bonchev–Trinajstić information content (AvgIpc) is 3.66. The zero-order valence-electron chi connectivity index (χ0n) is 21.0. The van der Waals surface area contributed by atoms with Crippen LogP contribution in [0.2, 0.25) is 0 Å². The predicted octanol–water partition coefficient (Wildman–Crippen LogP) is 0.311. The number of aryl methyl sites for hydroxylation is 1. The van der Waals surface area contributed by atoms with Gasteiger partial charge in [0.05, 0.1) is 24.5 Å². The third-order valence-corrected chi connectivity index (χ3v) is 6.55. The van der Waals surface area contributed by atoms with Crippen molar-refractivity contribution in [1.82, 2.24) is 49.4 Å². The van der Waals surface area contributed by atoms with E-state index in [1.807, 2.05) is 0 Å². The number of alkyl halides is 1. The molecule has 40 heavy (non-hydrogen) atoms. The van der Waals surface area contributed by atoms with E-state index in [9.17, 15) is 18.8 Å². The minimum absolute atomic E-state index is 0.0262. The fraction of sp³-hybridized carbons (Fsp3) is 0.250. The Balaban J connectivity index is 1.27. The Bertz CT molecular complexity index is 1790. The highest BCUT2D eigenvalue weighted by molar-refractivity contribution is 6.05. The van der Waals surface area contributed by atoms with E-state index >= 15 is 0 Å². The third kappa shape index (κ3) is 4.44. The van der Waals surface area contributed by atoms with Gasteiger partial charge in [-0.3, -0.25) is 24.4 Å². The molecule has 2 atom stereocenters. The molecule has 0 saturated carbocycles. The minimum atomic E-state index is -1.41. The maximum Gasteiger partial charge on any atom is 0.269 e. The van der Waals surface area contributed by atoms with Crippen LogP contribution >= 0.6 is 0 Å². The lowest BCUT2D eigenvalue weighted by molar-refractivity contribution is -0.137. The molecule has 4 aromatic heterocycles. The first-order valence-corrected chi connectivity index (χ1v) is 12.1. The zero-order chi connectivity index (χ0) is 28.0. The third-order valence-electron chi connectivity index (χ3n) is 6.55. The highest BCUT2D eigenvalue weighted by Crippen LogP contribution is 2.27. The first-order chi connectivity index (χ1) is 19.3. The van der Waals surface area contributed by atoms with Crippen LogP contribution in [-0.2, 0) is 16.1 Å². The Labute approximate surface area is 224 Å². The number of nitrogens with one attached hydrogen (secondary N) is 1. The Morgan fingerprint density at radius 1 is 1.15 bits per heavy atom. The van der Waals surface area contributed by atoms with Gasteiger partial charge in [0.25, 0.3) is 11.7 Å². The molecule has 1 aromatic carbocycles. The number of amides is 3. The molecular formula is C24H21FN12O3. The first-order valence-electron chi connectivity index (χ1n) is 12.1. The molecule has 6 rings (SSSR count). The van der Waals surface area contributed by atoms with E-state index in [2.05, 4.69) is 40.7 Å². The molecular weight excluding hydrogens is 523 g/mol. The van der Waals surface area contributed by atoms with Gasteiger partial charge in [-0.1, -0.05) is 6.07 Å². The molecule has 16 heteroatoms. The zero-order valence-corrected chi connectivity index (χ0v) is 21.0. The van der Waals surface area contributed by atoms with Crippen LogP contribution in [0.1, 0.15) is 22.7 Å². The van der Waals surface area contributed by atoms with Crippen LogP contribution in [0.15, 0.2) is 43.0 Å². The summed E-state index contributed by atoms with van der Waals surface area (Å²) < 4.78 is 17.1. The molecule has 5 heterocycles. The van der Waals surface area contributed by atoms with Crippen LogP contribution in [0, 0.1) is 6.92 Å². The fourth-order valence-corrected chi connectivity index (χ4v) is 4.76. The molecule has 1 saturated heterocycles. The van der Waals surface area contributed by atoms with Crippen molar-refractivity contribution in [1.29, 1.82) is 0 Å². The second-order valence-electron chi connectivity index (χ2n) is 9.18. The predicted molar refractivity (Wildman–Crippen MR) is 136 cm³/mol. The van der Waals surface area contributed by atoms with Crippen molar-refractivity contribution in [3.63, 3.8) is 0 Å². The maximum atomic E-state index is 14.5. The SMILES string of the molecule is Cc1nc(NC(=O)C2CC(F)CN2C(=O)Cn2nc(C(N)=O)c3cc(-c4ccnnc4)ccc32)n2ncnc2n1. The number of nitrogens with zero attached hydrogens (tertiary/aromatic N) is 10. The summed E-state index contributed by atoms with van der Waals surface area (Å²) in [5, 5.41) is 18.9. The fourth-order valence-electron chi connectivity index (χ4n) is 4.76. The molecule has 3 N–H and O–H groups in total. The molecule has 0 bridgehead atoms. The quantitative estimate of drug-likeness (QED) is 0.301. The monoisotopic (exact) mass is 544 g/mol. The molecule has 0 aliphatic carbocycles. The van der Waals surface area contributed by atoms with Crippen LogP contribution in [0.5, 0.6) is 0 Å². The number of carbonyl (C=O) groups is 3. The van der Waals surface area contributed by atoms with Crippen molar-refractivity contribution in [3.8, 4) is 11.1 Å². The number of hydrogen-bond donors (Lipinski definition) is 2. The molecule has 1 aliphatic heterocycles. The highest BCUT2D eigenvalue weighted by atomic mass is 19.1. The summed E-state index contributed by atoms with van der Waals surface area (Å²) in [5.74, 6) is -1.36. The van der Waals surface area contributed by atoms with E-state index in [-0.39, 0.29) is 36.9 Å². The number of aromatic nitrogens is 9. The Morgan fingerprint density at radius 2 is 2.00 bits per heavy atom. The van der Waals surface area contributed by atoms with E-state index < -0.39 is 29.9 Å². The lowest BCUT2D eigenvalue weighted by atomic mass is 10.0. The first kappa shape index (κ1) is 24.9. The van der Waals surface area contributed by atoms with E-state index in [1.54, 1.807) is 37.4 Å². The topological polar surface area (TPSA) is 192 Å². The number of rotatable bonds is 6. The average molecular weight is 545 g/mol. The number of hydrogen-bond acceptors (Lipinski definition) is 10. The molecule has 1 fully saturated rings. The second-order valence-corrected chi connectivity index (χ2v) is 9.18. The molecule has 15 nitrogen and oxygen atoms in total. The molecule has 5 aromatic rings. The standard InChI is InChI=1S/C24H21FN12O3/c1-12-31-23-27-11-30-37(23)24(32-12)33-22(40)18-7-15(25)9-35(18)19(38)10-36-17-3-2-13(14-4-5-28-29-8-14)6-16(17)20(34-36)21(26)39/h2-6,8,11,15,18H,7,9-10H2,1H3,(H2,26,39)(H,27,30,31,32,33,40). The maximum absolute atomic E-state index is 14.5. The number of fused-ring (bicyclic) bond motifs is 2. The van der Waals surface area contributed by atoms with Crippen molar-refractivity contribution in [2.75, 3.05) is 11.9 Å². The van der Waals surface area contributed by atoms with Crippen molar-refractivity contribution in [2.24, 2.45) is 5.73 Å². The Kier molecular flexibility index (Phi) is 6.05. The number of carbonyl (C=O) groups excluding carboxylic acids is 3.